The Morgan fingerprint density at radius 3 is 0.885 bits per heavy atom. The van der Waals surface area contributed by atoms with E-state index >= 15 is 0 Å². The SMILES string of the molecule is CC/C=C\C/C=C\C/C=C\C/C=C\C/C=C\C/C=C\C/C=C\C/C=C\C/C=C\CCCCCCCCCCCC(=O)OC(COC(=O)CCCCCCCCCCCCCCCCCCCCCCCCCCCCCCCCCCCCC)COP(=O)(O)OCC[N+](C)(C)C. The van der Waals surface area contributed by atoms with Crippen LogP contribution in [-0.2, 0) is 32.7 Å². The van der Waals surface area contributed by atoms with Crippen molar-refractivity contribution in [1.29, 1.82) is 0 Å². The predicted molar refractivity (Wildman–Crippen MR) is 418 cm³/mol. The minimum absolute atomic E-state index is 0.0277. The van der Waals surface area contributed by atoms with Gasteiger partial charge in [0.2, 0.25) is 0 Å². The second kappa shape index (κ2) is 75.9. The maximum atomic E-state index is 12.9. The number of rotatable bonds is 75. The standard InChI is InChI=1S/C86H154NO8P/c1-6-8-10-12-14-16-18-20-22-24-26-28-30-32-34-36-38-40-42-43-45-47-49-51-53-55-57-59-61-63-65-67-69-71-73-75-77-79-86(89)95-84(83-94-96(90,91)93-81-80-87(3,4)5)82-92-85(88)78-76-74-72-70-68-66-64-62-60-58-56-54-52-50-48-46-44-41-39-37-35-33-31-29-27-25-23-21-19-17-15-13-11-9-7-2/h8,10,14,16,20,22,26,28,32,34,38,40,43,45,49,51,55,57,84H,6-7,9,11-13,15,17-19,21,23-25,27,29-31,33,35-37,39,41-42,44,46-48,50,52-54,56,58-83H2,1-5H3/p+1/b10-8-,16-14-,22-20-,28-26-,34-32-,40-38-,45-43-,51-49-,57-55-. The molecule has 2 unspecified atom stereocenters. The third-order valence-electron chi connectivity index (χ3n) is 17.8. The number of phosphoric acid groups is 1. The summed E-state index contributed by atoms with van der Waals surface area (Å²) in [5.74, 6) is -0.793. The Morgan fingerprint density at radius 1 is 0.333 bits per heavy atom. The first kappa shape index (κ1) is 92.7. The van der Waals surface area contributed by atoms with E-state index in [9.17, 15) is 19.0 Å². The third-order valence-corrected chi connectivity index (χ3v) is 18.8. The molecule has 0 spiro atoms. The molecule has 96 heavy (non-hydrogen) atoms. The number of unbranched alkanes of at least 4 members (excludes halogenated alkanes) is 43. The van der Waals surface area contributed by atoms with Crippen LogP contribution < -0.4 is 0 Å². The number of hydrogen-bond acceptors (Lipinski definition) is 7. The molecule has 0 aromatic heterocycles. The molecule has 9 nitrogen and oxygen atoms in total. The first-order valence-electron chi connectivity index (χ1n) is 40.6. The van der Waals surface area contributed by atoms with Gasteiger partial charge in [-0.15, -0.1) is 0 Å². The summed E-state index contributed by atoms with van der Waals surface area (Å²) in [5.41, 5.74) is 0. The lowest BCUT2D eigenvalue weighted by Gasteiger charge is -2.24. The van der Waals surface area contributed by atoms with Gasteiger partial charge in [0.25, 0.3) is 0 Å². The van der Waals surface area contributed by atoms with E-state index in [1.54, 1.807) is 0 Å². The van der Waals surface area contributed by atoms with Crippen molar-refractivity contribution in [2.75, 3.05) is 47.5 Å². The Labute approximate surface area is 595 Å². The summed E-state index contributed by atoms with van der Waals surface area (Å²) < 4.78 is 34.8. The molecular weight excluding hydrogens is 1210 g/mol. The van der Waals surface area contributed by atoms with E-state index in [1.807, 2.05) is 21.1 Å². The van der Waals surface area contributed by atoms with Gasteiger partial charge < -0.3 is 18.9 Å². The van der Waals surface area contributed by atoms with Crippen LogP contribution in [0, 0.1) is 0 Å². The van der Waals surface area contributed by atoms with Crippen LogP contribution in [0.5, 0.6) is 0 Å². The van der Waals surface area contributed by atoms with Crippen molar-refractivity contribution in [3.05, 3.63) is 109 Å². The molecule has 10 heteroatoms. The molecule has 0 aromatic rings. The van der Waals surface area contributed by atoms with Crippen molar-refractivity contribution in [2.24, 2.45) is 0 Å². The third kappa shape index (κ3) is 79.7. The molecule has 0 aliphatic heterocycles. The number of hydrogen-bond donors (Lipinski definition) is 1. The zero-order chi connectivity index (χ0) is 69.7. The molecule has 0 aromatic carbocycles. The number of nitrogens with zero attached hydrogens (tertiary/aromatic N) is 1. The highest BCUT2D eigenvalue weighted by Crippen LogP contribution is 2.43. The van der Waals surface area contributed by atoms with Crippen molar-refractivity contribution in [3.8, 4) is 0 Å². The zero-order valence-corrected chi connectivity index (χ0v) is 64.5. The molecular formula is C86H155NO8P+. The van der Waals surface area contributed by atoms with Crippen LogP contribution in [0.1, 0.15) is 373 Å². The summed E-state index contributed by atoms with van der Waals surface area (Å²) in [7, 11) is 1.48. The molecule has 0 aliphatic carbocycles. The first-order valence-corrected chi connectivity index (χ1v) is 42.1. The summed E-state index contributed by atoms with van der Waals surface area (Å²) in [5, 5.41) is 0. The molecule has 556 valence electrons. The lowest BCUT2D eigenvalue weighted by Crippen LogP contribution is -2.37. The average Bonchev–Trinajstić information content (AvgIpc) is 2.72. The van der Waals surface area contributed by atoms with E-state index in [4.69, 9.17) is 18.5 Å². The predicted octanol–water partition coefficient (Wildman–Crippen LogP) is 27.2. The Kier molecular flexibility index (Phi) is 73.2. The Hall–Kier alpha value is -3.33. The number of allylic oxidation sites excluding steroid dienone is 18. The molecule has 0 saturated heterocycles. The van der Waals surface area contributed by atoms with Crippen LogP contribution in [0.2, 0.25) is 0 Å². The van der Waals surface area contributed by atoms with Crippen LogP contribution in [0.4, 0.5) is 0 Å². The van der Waals surface area contributed by atoms with Gasteiger partial charge >= 0.3 is 19.8 Å². The Morgan fingerprint density at radius 2 is 0.594 bits per heavy atom. The van der Waals surface area contributed by atoms with Crippen LogP contribution >= 0.6 is 7.82 Å². The first-order chi connectivity index (χ1) is 47.0. The van der Waals surface area contributed by atoms with E-state index in [0.29, 0.717) is 17.4 Å². The highest BCUT2D eigenvalue weighted by atomic mass is 31.2. The number of phosphoric ester groups is 1. The fourth-order valence-electron chi connectivity index (χ4n) is 11.7. The van der Waals surface area contributed by atoms with Crippen molar-refractivity contribution >= 4 is 19.8 Å². The summed E-state index contributed by atoms with van der Waals surface area (Å²) in [6, 6.07) is 0. The molecule has 0 aliphatic rings. The molecule has 0 heterocycles. The zero-order valence-electron chi connectivity index (χ0n) is 63.6. The van der Waals surface area contributed by atoms with Crippen molar-refractivity contribution in [3.63, 3.8) is 0 Å². The summed E-state index contributed by atoms with van der Waals surface area (Å²) in [6.45, 7) is 4.36. The van der Waals surface area contributed by atoms with E-state index in [-0.39, 0.29) is 32.0 Å². The lowest BCUT2D eigenvalue weighted by atomic mass is 10.0. The highest BCUT2D eigenvalue weighted by molar-refractivity contribution is 7.47. The quantitative estimate of drug-likeness (QED) is 0.0211. The van der Waals surface area contributed by atoms with Gasteiger partial charge in [0.05, 0.1) is 27.7 Å². The highest BCUT2D eigenvalue weighted by Gasteiger charge is 2.27. The number of quaternary nitrogens is 1. The number of carbonyl (C=O) groups is 2. The Bertz CT molecular complexity index is 1990. The molecule has 0 radical (unpaired) electrons. The summed E-state index contributed by atoms with van der Waals surface area (Å²) >= 11 is 0. The Balaban J connectivity index is 3.99. The van der Waals surface area contributed by atoms with Gasteiger partial charge in [-0.25, -0.2) is 4.57 Å². The maximum Gasteiger partial charge on any atom is 0.472 e. The molecule has 0 rings (SSSR count). The molecule has 2 atom stereocenters. The van der Waals surface area contributed by atoms with Gasteiger partial charge in [-0.2, -0.15) is 0 Å². The second-order valence-corrected chi connectivity index (χ2v) is 29.9. The smallest absolute Gasteiger partial charge is 0.462 e. The van der Waals surface area contributed by atoms with Gasteiger partial charge in [-0.3, -0.25) is 18.6 Å². The number of esters is 2. The number of ether oxygens (including phenoxy) is 2. The number of carbonyl (C=O) groups excluding carboxylic acids is 2. The molecule has 1 N–H and O–H groups in total. The minimum atomic E-state index is -4.40. The largest absolute Gasteiger partial charge is 0.472 e. The van der Waals surface area contributed by atoms with E-state index in [2.05, 4.69) is 123 Å². The van der Waals surface area contributed by atoms with E-state index in [0.717, 1.165) is 103 Å². The van der Waals surface area contributed by atoms with E-state index in [1.165, 1.54) is 238 Å². The second-order valence-electron chi connectivity index (χ2n) is 28.4. The van der Waals surface area contributed by atoms with Crippen LogP contribution in [0.3, 0.4) is 0 Å². The fraction of sp³-hybridized carbons (Fsp3) is 0.767. The lowest BCUT2D eigenvalue weighted by molar-refractivity contribution is -0.870. The minimum Gasteiger partial charge on any atom is -0.462 e. The van der Waals surface area contributed by atoms with Gasteiger partial charge in [0.1, 0.15) is 19.8 Å². The van der Waals surface area contributed by atoms with Crippen LogP contribution in [-0.4, -0.2) is 74.9 Å². The van der Waals surface area contributed by atoms with Crippen molar-refractivity contribution < 1.29 is 42.1 Å². The van der Waals surface area contributed by atoms with Crippen LogP contribution in [0.15, 0.2) is 109 Å². The maximum absolute atomic E-state index is 12.9. The molecule has 0 saturated carbocycles. The van der Waals surface area contributed by atoms with E-state index < -0.39 is 26.5 Å². The molecule has 0 fully saturated rings. The van der Waals surface area contributed by atoms with Gasteiger partial charge in [-0.05, 0) is 83.5 Å². The fourth-order valence-corrected chi connectivity index (χ4v) is 12.4. The van der Waals surface area contributed by atoms with Crippen molar-refractivity contribution in [1.82, 2.24) is 0 Å². The molecule has 0 bridgehead atoms. The van der Waals surface area contributed by atoms with Gasteiger partial charge in [0, 0.05) is 12.8 Å². The average molecular weight is 1360 g/mol. The summed E-state index contributed by atoms with van der Waals surface area (Å²) in [6.07, 6.45) is 108. The molecule has 0 amide bonds. The normalized spacial score (nSPS) is 13.6. The monoisotopic (exact) mass is 1360 g/mol. The van der Waals surface area contributed by atoms with Crippen LogP contribution in [0.25, 0.3) is 0 Å². The number of likely N-dealkylation sites (N-methyl/N-ethyl adjacent to an activating group) is 1. The van der Waals surface area contributed by atoms with Gasteiger partial charge in [0.15, 0.2) is 6.10 Å². The summed E-state index contributed by atoms with van der Waals surface area (Å²) in [4.78, 5) is 36.0. The topological polar surface area (TPSA) is 108 Å². The van der Waals surface area contributed by atoms with Gasteiger partial charge in [-0.1, -0.05) is 386 Å². The van der Waals surface area contributed by atoms with Crippen molar-refractivity contribution in [2.45, 2.75) is 380 Å².